The van der Waals surface area contributed by atoms with Gasteiger partial charge >= 0.3 is 6.03 Å². The molecule has 0 atom stereocenters. The first-order valence-electron chi connectivity index (χ1n) is 7.30. The van der Waals surface area contributed by atoms with E-state index in [-0.39, 0.29) is 12.8 Å². The van der Waals surface area contributed by atoms with Gasteiger partial charge in [0.15, 0.2) is 6.73 Å². The molecule has 0 aliphatic carbocycles. The molecule has 2 aromatic rings. The van der Waals surface area contributed by atoms with Crippen LogP contribution in [-0.4, -0.2) is 24.7 Å². The number of hydrogen-bond acceptors (Lipinski definition) is 2. The molecule has 0 radical (unpaired) electrons. The van der Waals surface area contributed by atoms with Crippen LogP contribution < -0.4 is 10.1 Å². The first-order chi connectivity index (χ1) is 10.6. The Morgan fingerprint density at radius 3 is 2.55 bits per heavy atom. The van der Waals surface area contributed by atoms with E-state index in [0.717, 1.165) is 16.9 Å². The summed E-state index contributed by atoms with van der Waals surface area (Å²) in [5.41, 5.74) is 3.36. The van der Waals surface area contributed by atoms with Crippen LogP contribution in [0.4, 0.5) is 4.79 Å². The molecule has 4 heteroatoms. The molecular formula is C18H22N2O2. The van der Waals surface area contributed by atoms with E-state index in [4.69, 9.17) is 4.74 Å². The largest absolute Gasteiger partial charge is 0.473 e. The van der Waals surface area contributed by atoms with Crippen molar-refractivity contribution in [3.8, 4) is 5.75 Å². The summed E-state index contributed by atoms with van der Waals surface area (Å²) in [5, 5.41) is 2.76. The van der Waals surface area contributed by atoms with Crippen LogP contribution in [0.3, 0.4) is 0 Å². The smallest absolute Gasteiger partial charge is 0.320 e. The Morgan fingerprint density at radius 1 is 1.09 bits per heavy atom. The minimum absolute atomic E-state index is 0.155. The Kier molecular flexibility index (Phi) is 5.42. The van der Waals surface area contributed by atoms with Crippen LogP contribution in [0.15, 0.2) is 48.5 Å². The van der Waals surface area contributed by atoms with Gasteiger partial charge in [-0.25, -0.2) is 4.79 Å². The summed E-state index contributed by atoms with van der Waals surface area (Å²) in [6.07, 6.45) is 0. The lowest BCUT2D eigenvalue weighted by atomic mass is 10.1. The van der Waals surface area contributed by atoms with Crippen molar-refractivity contribution in [1.29, 1.82) is 0 Å². The molecule has 0 spiro atoms. The maximum atomic E-state index is 12.0. The third-order valence-electron chi connectivity index (χ3n) is 3.62. The maximum absolute atomic E-state index is 12.0. The van der Waals surface area contributed by atoms with Gasteiger partial charge in [0.25, 0.3) is 0 Å². The number of amides is 2. The second-order valence-electron chi connectivity index (χ2n) is 5.31. The average Bonchev–Trinajstić information content (AvgIpc) is 2.52. The molecule has 2 amide bonds. The summed E-state index contributed by atoms with van der Waals surface area (Å²) >= 11 is 0. The molecule has 0 heterocycles. The number of nitrogens with zero attached hydrogens (tertiary/aromatic N) is 1. The fraction of sp³-hybridized carbons (Fsp3) is 0.278. The number of carbonyl (C=O) groups is 1. The maximum Gasteiger partial charge on any atom is 0.320 e. The van der Waals surface area contributed by atoms with Gasteiger partial charge < -0.3 is 15.0 Å². The molecule has 22 heavy (non-hydrogen) atoms. The minimum Gasteiger partial charge on any atom is -0.473 e. The van der Waals surface area contributed by atoms with Crippen molar-refractivity contribution in [3.05, 3.63) is 65.2 Å². The van der Waals surface area contributed by atoms with Crippen molar-refractivity contribution < 1.29 is 9.53 Å². The Bertz CT molecular complexity index is 626. The monoisotopic (exact) mass is 298 g/mol. The molecule has 0 aromatic heterocycles. The lowest BCUT2D eigenvalue weighted by Crippen LogP contribution is -2.38. The number of carbonyl (C=O) groups excluding carboxylic acids is 1. The van der Waals surface area contributed by atoms with Crippen LogP contribution in [0.25, 0.3) is 0 Å². The third kappa shape index (κ3) is 4.25. The van der Waals surface area contributed by atoms with Crippen molar-refractivity contribution in [2.45, 2.75) is 20.4 Å². The van der Waals surface area contributed by atoms with E-state index in [1.807, 2.05) is 62.4 Å². The van der Waals surface area contributed by atoms with Gasteiger partial charge in [0.2, 0.25) is 0 Å². The molecular weight excluding hydrogens is 276 g/mol. The average molecular weight is 298 g/mol. The first-order valence-corrected chi connectivity index (χ1v) is 7.30. The van der Waals surface area contributed by atoms with Gasteiger partial charge in [-0.05, 0) is 36.6 Å². The Labute approximate surface area is 131 Å². The van der Waals surface area contributed by atoms with E-state index < -0.39 is 0 Å². The molecule has 2 rings (SSSR count). The Hall–Kier alpha value is -2.49. The standard InChI is InChI=1S/C18H22N2O2/c1-14-8-7-11-17(15(14)2)22-13-19-18(21)20(3)12-16-9-5-4-6-10-16/h4-11H,12-13H2,1-3H3,(H,19,21). The molecule has 0 aliphatic rings. The minimum atomic E-state index is -0.158. The number of rotatable bonds is 5. The van der Waals surface area contributed by atoms with Gasteiger partial charge in [0, 0.05) is 13.6 Å². The number of aryl methyl sites for hydroxylation is 1. The van der Waals surface area contributed by atoms with Crippen molar-refractivity contribution in [2.75, 3.05) is 13.8 Å². The van der Waals surface area contributed by atoms with Gasteiger partial charge in [-0.3, -0.25) is 0 Å². The molecule has 0 saturated carbocycles. The summed E-state index contributed by atoms with van der Waals surface area (Å²) in [4.78, 5) is 13.7. The van der Waals surface area contributed by atoms with Gasteiger partial charge in [-0.1, -0.05) is 42.5 Å². The molecule has 1 N–H and O–H groups in total. The lowest BCUT2D eigenvalue weighted by Gasteiger charge is -2.18. The van der Waals surface area contributed by atoms with Crippen molar-refractivity contribution in [1.82, 2.24) is 10.2 Å². The second-order valence-corrected chi connectivity index (χ2v) is 5.31. The second kappa shape index (κ2) is 7.50. The highest BCUT2D eigenvalue weighted by Gasteiger charge is 2.09. The summed E-state index contributed by atoms with van der Waals surface area (Å²) in [5.74, 6) is 0.797. The summed E-state index contributed by atoms with van der Waals surface area (Å²) in [7, 11) is 1.76. The molecule has 0 aliphatic heterocycles. The highest BCUT2D eigenvalue weighted by Crippen LogP contribution is 2.20. The number of hydrogen-bond donors (Lipinski definition) is 1. The first kappa shape index (κ1) is 15.9. The quantitative estimate of drug-likeness (QED) is 0.859. The van der Waals surface area contributed by atoms with Crippen LogP contribution in [0, 0.1) is 13.8 Å². The Balaban J connectivity index is 1.81. The summed E-state index contributed by atoms with van der Waals surface area (Å²) < 4.78 is 5.63. The predicted molar refractivity (Wildman–Crippen MR) is 87.9 cm³/mol. The van der Waals surface area contributed by atoms with Crippen molar-refractivity contribution >= 4 is 6.03 Å². The van der Waals surface area contributed by atoms with Crippen LogP contribution in [-0.2, 0) is 6.54 Å². The Morgan fingerprint density at radius 2 is 1.82 bits per heavy atom. The number of benzene rings is 2. The van der Waals surface area contributed by atoms with E-state index in [1.54, 1.807) is 11.9 Å². The van der Waals surface area contributed by atoms with Crippen LogP contribution in [0.5, 0.6) is 5.75 Å². The zero-order valence-corrected chi connectivity index (χ0v) is 13.3. The van der Waals surface area contributed by atoms with Gasteiger partial charge in [-0.15, -0.1) is 0 Å². The summed E-state index contributed by atoms with van der Waals surface area (Å²) in [6, 6.07) is 15.6. The molecule has 0 fully saturated rings. The fourth-order valence-electron chi connectivity index (χ4n) is 2.12. The SMILES string of the molecule is Cc1cccc(OCNC(=O)N(C)Cc2ccccc2)c1C. The van der Waals surface area contributed by atoms with Crippen LogP contribution in [0.1, 0.15) is 16.7 Å². The number of urea groups is 1. The van der Waals surface area contributed by atoms with Crippen LogP contribution >= 0.6 is 0 Å². The van der Waals surface area contributed by atoms with E-state index in [1.165, 1.54) is 5.56 Å². The zero-order valence-electron chi connectivity index (χ0n) is 13.3. The topological polar surface area (TPSA) is 41.6 Å². The van der Waals surface area contributed by atoms with Crippen LogP contribution in [0.2, 0.25) is 0 Å². The summed E-state index contributed by atoms with van der Waals surface area (Å²) in [6.45, 7) is 4.76. The van der Waals surface area contributed by atoms with E-state index in [9.17, 15) is 4.79 Å². The third-order valence-corrected chi connectivity index (χ3v) is 3.62. The molecule has 0 saturated heterocycles. The lowest BCUT2D eigenvalue weighted by molar-refractivity contribution is 0.192. The highest BCUT2D eigenvalue weighted by molar-refractivity contribution is 5.73. The van der Waals surface area contributed by atoms with Crippen molar-refractivity contribution in [2.24, 2.45) is 0 Å². The van der Waals surface area contributed by atoms with E-state index in [2.05, 4.69) is 5.32 Å². The number of nitrogens with one attached hydrogen (secondary N) is 1. The van der Waals surface area contributed by atoms with Gasteiger partial charge in [-0.2, -0.15) is 0 Å². The number of ether oxygens (including phenoxy) is 1. The van der Waals surface area contributed by atoms with E-state index >= 15 is 0 Å². The molecule has 0 unspecified atom stereocenters. The molecule has 0 bridgehead atoms. The molecule has 2 aromatic carbocycles. The molecule has 4 nitrogen and oxygen atoms in total. The fourth-order valence-corrected chi connectivity index (χ4v) is 2.12. The highest BCUT2D eigenvalue weighted by atomic mass is 16.5. The zero-order chi connectivity index (χ0) is 15.9. The van der Waals surface area contributed by atoms with Gasteiger partial charge in [0.05, 0.1) is 0 Å². The predicted octanol–water partition coefficient (Wildman–Crippen LogP) is 3.48. The van der Waals surface area contributed by atoms with Crippen molar-refractivity contribution in [3.63, 3.8) is 0 Å². The van der Waals surface area contributed by atoms with Gasteiger partial charge in [0.1, 0.15) is 5.75 Å². The van der Waals surface area contributed by atoms with E-state index in [0.29, 0.717) is 6.54 Å². The normalized spacial score (nSPS) is 10.1. The molecule has 116 valence electrons.